The first-order valence-electron chi connectivity index (χ1n) is 12.1. The molecule has 184 valence electrons. The summed E-state index contributed by atoms with van der Waals surface area (Å²) in [6.07, 6.45) is 27.0. The second-order valence-electron chi connectivity index (χ2n) is 9.12. The van der Waals surface area contributed by atoms with Gasteiger partial charge in [0.25, 0.3) is 0 Å². The standard InChI is InChI=1S/C23H26O3.C9H12/c1-6-11-19-18(15-24-22(19)17-12-9-8-10-13-17)14-20-16(3)25-23(4,5)26-21(20)7-2;1-4-5-6-7-8-9(2)3/h7,9,12-15,19,22H,3,8,10H2,1-2,4-5H3;1,5-9H,2-3H3/b20-14-,21-7+;6-5-,8-7-. The van der Waals surface area contributed by atoms with Crippen LogP contribution in [0.3, 0.4) is 0 Å². The Morgan fingerprint density at radius 3 is 2.57 bits per heavy atom. The summed E-state index contributed by atoms with van der Waals surface area (Å²) in [5.74, 6) is 9.97. The van der Waals surface area contributed by atoms with Crippen LogP contribution in [-0.2, 0) is 14.2 Å². The van der Waals surface area contributed by atoms with Gasteiger partial charge in [0.15, 0.2) is 0 Å². The van der Waals surface area contributed by atoms with Crippen LogP contribution in [0.15, 0.2) is 95.8 Å². The van der Waals surface area contributed by atoms with Crippen LogP contribution in [0.1, 0.15) is 54.4 Å². The largest absolute Gasteiger partial charge is 0.491 e. The highest BCUT2D eigenvalue weighted by Gasteiger charge is 2.35. The van der Waals surface area contributed by atoms with E-state index in [-0.39, 0.29) is 12.0 Å². The Morgan fingerprint density at radius 2 is 1.97 bits per heavy atom. The predicted octanol–water partition coefficient (Wildman–Crippen LogP) is 7.70. The molecule has 0 spiro atoms. The van der Waals surface area contributed by atoms with Crippen molar-refractivity contribution in [3.63, 3.8) is 0 Å². The molecule has 3 rings (SSSR count). The van der Waals surface area contributed by atoms with Crippen molar-refractivity contribution >= 4 is 0 Å². The van der Waals surface area contributed by atoms with Gasteiger partial charge in [-0.1, -0.05) is 68.7 Å². The zero-order valence-electron chi connectivity index (χ0n) is 21.9. The molecule has 3 heteroatoms. The van der Waals surface area contributed by atoms with Crippen LogP contribution in [0.2, 0.25) is 0 Å². The van der Waals surface area contributed by atoms with Crippen LogP contribution in [0.4, 0.5) is 0 Å². The molecule has 1 fully saturated rings. The highest BCUT2D eigenvalue weighted by molar-refractivity contribution is 5.49. The van der Waals surface area contributed by atoms with Crippen LogP contribution in [0.5, 0.6) is 0 Å². The number of hydrogen-bond donors (Lipinski definition) is 0. The maximum Gasteiger partial charge on any atom is 0.245 e. The predicted molar refractivity (Wildman–Crippen MR) is 146 cm³/mol. The van der Waals surface area contributed by atoms with E-state index in [2.05, 4.69) is 62.5 Å². The molecule has 3 nitrogen and oxygen atoms in total. The molecule has 0 amide bonds. The Labute approximate surface area is 212 Å². The fourth-order valence-electron chi connectivity index (χ4n) is 3.79. The summed E-state index contributed by atoms with van der Waals surface area (Å²) in [5.41, 5.74) is 3.03. The molecule has 0 aromatic heterocycles. The van der Waals surface area contributed by atoms with Crippen molar-refractivity contribution in [2.45, 2.75) is 66.3 Å². The average molecular weight is 471 g/mol. The molecule has 1 saturated heterocycles. The van der Waals surface area contributed by atoms with Gasteiger partial charge >= 0.3 is 0 Å². The molecule has 0 saturated carbocycles. The van der Waals surface area contributed by atoms with E-state index in [1.54, 1.807) is 12.3 Å². The van der Waals surface area contributed by atoms with Crippen molar-refractivity contribution in [1.29, 1.82) is 0 Å². The minimum atomic E-state index is -0.723. The summed E-state index contributed by atoms with van der Waals surface area (Å²) in [6, 6.07) is 0. The number of terminal acetylenes is 1. The van der Waals surface area contributed by atoms with E-state index in [0.717, 1.165) is 29.7 Å². The minimum absolute atomic E-state index is 0.0256. The third-order valence-corrected chi connectivity index (χ3v) is 5.33. The molecule has 2 atom stereocenters. The molecule has 0 radical (unpaired) electrons. The van der Waals surface area contributed by atoms with Crippen molar-refractivity contribution in [3.05, 3.63) is 95.8 Å². The van der Waals surface area contributed by atoms with E-state index in [1.807, 2.05) is 52.0 Å². The fraction of sp³-hybridized carbons (Fsp3) is 0.375. The van der Waals surface area contributed by atoms with Crippen LogP contribution >= 0.6 is 0 Å². The lowest BCUT2D eigenvalue weighted by Gasteiger charge is -2.36. The molecule has 0 aromatic carbocycles. The van der Waals surface area contributed by atoms with Crippen molar-refractivity contribution < 1.29 is 14.2 Å². The number of ether oxygens (including phenoxy) is 3. The second kappa shape index (κ2) is 13.4. The fourth-order valence-corrected chi connectivity index (χ4v) is 3.79. The number of rotatable bonds is 4. The van der Waals surface area contributed by atoms with Gasteiger partial charge in [0.1, 0.15) is 17.6 Å². The molecule has 0 bridgehead atoms. The van der Waals surface area contributed by atoms with E-state index in [0.29, 0.717) is 11.7 Å². The van der Waals surface area contributed by atoms with Gasteiger partial charge in [-0.2, -0.15) is 0 Å². The highest BCUT2D eigenvalue weighted by Crippen LogP contribution is 2.39. The van der Waals surface area contributed by atoms with Gasteiger partial charge in [-0.25, -0.2) is 0 Å². The minimum Gasteiger partial charge on any atom is -0.491 e. The molecule has 35 heavy (non-hydrogen) atoms. The number of hydrogen-bond acceptors (Lipinski definition) is 3. The third kappa shape index (κ3) is 8.31. The van der Waals surface area contributed by atoms with Crippen molar-refractivity contribution in [3.8, 4) is 24.2 Å². The number of allylic oxidation sites excluding steroid dienone is 8. The van der Waals surface area contributed by atoms with Crippen LogP contribution in [0.25, 0.3) is 0 Å². The lowest BCUT2D eigenvalue weighted by atomic mass is 9.88. The molecule has 3 aliphatic rings. The van der Waals surface area contributed by atoms with Gasteiger partial charge in [-0.05, 0) is 56.4 Å². The molecule has 2 heterocycles. The van der Waals surface area contributed by atoms with E-state index < -0.39 is 5.79 Å². The Kier molecular flexibility index (Phi) is 10.6. The van der Waals surface area contributed by atoms with E-state index in [9.17, 15) is 0 Å². The van der Waals surface area contributed by atoms with Gasteiger partial charge in [0.2, 0.25) is 5.79 Å². The zero-order valence-corrected chi connectivity index (χ0v) is 21.9. The van der Waals surface area contributed by atoms with Crippen LogP contribution < -0.4 is 0 Å². The lowest BCUT2D eigenvalue weighted by molar-refractivity contribution is -0.175. The average Bonchev–Trinajstić information content (AvgIpc) is 3.21. The first kappa shape index (κ1) is 27.7. The molecule has 2 unspecified atom stereocenters. The quantitative estimate of drug-likeness (QED) is 0.311. The highest BCUT2D eigenvalue weighted by atomic mass is 16.7. The van der Waals surface area contributed by atoms with Crippen molar-refractivity contribution in [2.24, 2.45) is 11.8 Å². The van der Waals surface area contributed by atoms with E-state index in [1.165, 1.54) is 5.57 Å². The first-order valence-corrected chi connectivity index (χ1v) is 12.1. The smallest absolute Gasteiger partial charge is 0.245 e. The topological polar surface area (TPSA) is 27.7 Å². The normalized spacial score (nSPS) is 25.1. The van der Waals surface area contributed by atoms with Gasteiger partial charge in [0.05, 0.1) is 17.8 Å². The monoisotopic (exact) mass is 470 g/mol. The van der Waals surface area contributed by atoms with Gasteiger partial charge in [-0.15, -0.1) is 12.3 Å². The molecular weight excluding hydrogens is 432 g/mol. The first-order chi connectivity index (χ1) is 16.7. The summed E-state index contributed by atoms with van der Waals surface area (Å²) in [7, 11) is 0. The third-order valence-electron chi connectivity index (χ3n) is 5.33. The molecule has 1 aliphatic carbocycles. The van der Waals surface area contributed by atoms with E-state index in [4.69, 9.17) is 20.6 Å². The molecular formula is C32H38O3. The molecule has 0 aromatic rings. The molecule has 2 aliphatic heterocycles. The SMILES string of the molecule is C#C/C=C\C=C/C(C)C.C=C1OC(C)(C)OC(=C/C)/C1=C\C1=COC(C2=CCCC=C2)C1C#CC. The zero-order chi connectivity index (χ0) is 25.8. The Bertz CT molecular complexity index is 1080. The maximum absolute atomic E-state index is 6.00. The van der Waals surface area contributed by atoms with Gasteiger partial charge in [0, 0.05) is 19.4 Å². The summed E-state index contributed by atoms with van der Waals surface area (Å²) in [5, 5.41) is 0. The summed E-state index contributed by atoms with van der Waals surface area (Å²) >= 11 is 0. The van der Waals surface area contributed by atoms with Crippen LogP contribution in [-0.4, -0.2) is 11.9 Å². The summed E-state index contributed by atoms with van der Waals surface area (Å²) in [4.78, 5) is 0. The van der Waals surface area contributed by atoms with Crippen molar-refractivity contribution in [2.75, 3.05) is 0 Å². The second-order valence-corrected chi connectivity index (χ2v) is 9.12. The summed E-state index contributed by atoms with van der Waals surface area (Å²) < 4.78 is 17.7. The van der Waals surface area contributed by atoms with Gasteiger partial charge < -0.3 is 14.2 Å². The Morgan fingerprint density at radius 1 is 1.20 bits per heavy atom. The maximum atomic E-state index is 6.00. The lowest BCUT2D eigenvalue weighted by Crippen LogP contribution is -2.33. The van der Waals surface area contributed by atoms with E-state index >= 15 is 0 Å². The summed E-state index contributed by atoms with van der Waals surface area (Å²) in [6.45, 7) is 15.9. The Balaban J connectivity index is 0.000000410. The van der Waals surface area contributed by atoms with Crippen molar-refractivity contribution in [1.82, 2.24) is 0 Å². The molecule has 0 N–H and O–H groups in total. The van der Waals surface area contributed by atoms with Crippen LogP contribution in [0, 0.1) is 36.0 Å². The Hall–Kier alpha value is -3.56. The van der Waals surface area contributed by atoms with Gasteiger partial charge in [-0.3, -0.25) is 0 Å².